The zero-order valence-corrected chi connectivity index (χ0v) is 17.0. The predicted octanol–water partition coefficient (Wildman–Crippen LogP) is 5.67. The number of aromatic nitrogens is 2. The van der Waals surface area contributed by atoms with Crippen molar-refractivity contribution in [3.63, 3.8) is 0 Å². The number of benzene rings is 2. The van der Waals surface area contributed by atoms with Gasteiger partial charge in [-0.25, -0.2) is 14.8 Å². The molecule has 8 heteroatoms. The van der Waals surface area contributed by atoms with E-state index in [1.807, 2.05) is 17.5 Å². The fourth-order valence-corrected chi connectivity index (χ4v) is 4.89. The zero-order chi connectivity index (χ0) is 18.8. The largest absolute Gasteiger partial charge is 0.465 e. The van der Waals surface area contributed by atoms with E-state index in [1.54, 1.807) is 35.2 Å². The van der Waals surface area contributed by atoms with E-state index in [9.17, 15) is 4.79 Å². The second-order valence-corrected chi connectivity index (χ2v) is 8.29. The van der Waals surface area contributed by atoms with Gasteiger partial charge in [-0.15, -0.1) is 23.1 Å². The van der Waals surface area contributed by atoms with Crippen LogP contribution in [0.1, 0.15) is 10.4 Å². The molecule has 27 heavy (non-hydrogen) atoms. The molecule has 0 atom stereocenters. The summed E-state index contributed by atoms with van der Waals surface area (Å²) in [5.74, 6) is -0.345. The molecule has 5 nitrogen and oxygen atoms in total. The third kappa shape index (κ3) is 3.69. The van der Waals surface area contributed by atoms with Crippen LogP contribution < -0.4 is 5.32 Å². The second kappa shape index (κ2) is 7.67. The molecule has 0 saturated carbocycles. The highest BCUT2D eigenvalue weighted by molar-refractivity contribution is 7.98. The van der Waals surface area contributed by atoms with Crippen LogP contribution in [0.2, 0.25) is 0 Å². The van der Waals surface area contributed by atoms with Gasteiger partial charge in [-0.05, 0) is 30.5 Å². The molecule has 0 radical (unpaired) electrons. The number of anilines is 2. The van der Waals surface area contributed by atoms with Gasteiger partial charge in [0.1, 0.15) is 0 Å². The summed E-state index contributed by atoms with van der Waals surface area (Å²) in [5.41, 5.74) is 3.34. The number of methoxy groups -OCH3 is 1. The quantitative estimate of drug-likeness (QED) is 0.336. The normalized spacial score (nSPS) is 10.9. The molecular formula is C19H15N3O2S3. The first-order valence-electron chi connectivity index (χ1n) is 8.03. The van der Waals surface area contributed by atoms with Crippen LogP contribution in [0.4, 0.5) is 10.3 Å². The number of esters is 1. The summed E-state index contributed by atoms with van der Waals surface area (Å²) in [4.78, 5) is 22.0. The first kappa shape index (κ1) is 18.0. The lowest BCUT2D eigenvalue weighted by molar-refractivity contribution is 0.0601. The van der Waals surface area contributed by atoms with Crippen molar-refractivity contribution < 1.29 is 9.53 Å². The standard InChI is InChI=1S/C19H15N3O2S3/c1-24-17(23)12-8-6-11(7-9-12)13-10-26-18(20-13)22-19-21-16-14(25-2)4-3-5-15(16)27-19/h3-10H,1-2H3,(H,20,21,22). The summed E-state index contributed by atoms with van der Waals surface area (Å²) in [6.07, 6.45) is 2.06. The summed E-state index contributed by atoms with van der Waals surface area (Å²) >= 11 is 4.83. The Morgan fingerprint density at radius 1 is 1.11 bits per heavy atom. The van der Waals surface area contributed by atoms with Gasteiger partial charge in [-0.1, -0.05) is 29.5 Å². The van der Waals surface area contributed by atoms with Crippen LogP contribution in [0, 0.1) is 0 Å². The molecule has 2 heterocycles. The Morgan fingerprint density at radius 2 is 1.93 bits per heavy atom. The van der Waals surface area contributed by atoms with Crippen LogP contribution in [-0.4, -0.2) is 29.3 Å². The third-order valence-electron chi connectivity index (χ3n) is 3.92. The summed E-state index contributed by atoms with van der Waals surface area (Å²) < 4.78 is 5.88. The molecule has 4 aromatic rings. The van der Waals surface area contributed by atoms with Gasteiger partial charge in [-0.2, -0.15) is 0 Å². The smallest absolute Gasteiger partial charge is 0.337 e. The van der Waals surface area contributed by atoms with Gasteiger partial charge in [-0.3, -0.25) is 0 Å². The fraction of sp³-hybridized carbons (Fsp3) is 0.105. The molecule has 0 fully saturated rings. The van der Waals surface area contributed by atoms with Gasteiger partial charge < -0.3 is 10.1 Å². The molecule has 0 saturated heterocycles. The average molecular weight is 414 g/mol. The molecule has 0 aliphatic carbocycles. The van der Waals surface area contributed by atoms with Gasteiger partial charge in [0.25, 0.3) is 0 Å². The first-order chi connectivity index (χ1) is 13.2. The molecule has 0 aliphatic heterocycles. The van der Waals surface area contributed by atoms with E-state index in [0.717, 1.165) is 31.7 Å². The summed E-state index contributed by atoms with van der Waals surface area (Å²) in [6.45, 7) is 0. The SMILES string of the molecule is COC(=O)c1ccc(-c2csc(Nc3nc4c(SC)cccc4s3)n2)cc1. The molecule has 4 rings (SSSR count). The Hall–Kier alpha value is -2.42. The number of rotatable bonds is 5. The molecule has 2 aromatic heterocycles. The number of nitrogens with one attached hydrogen (secondary N) is 1. The first-order valence-corrected chi connectivity index (χ1v) is 10.9. The van der Waals surface area contributed by atoms with Crippen LogP contribution in [-0.2, 0) is 4.74 Å². The maximum Gasteiger partial charge on any atom is 0.337 e. The minimum atomic E-state index is -0.345. The number of ether oxygens (including phenoxy) is 1. The Kier molecular flexibility index (Phi) is 5.11. The van der Waals surface area contributed by atoms with Crippen molar-refractivity contribution in [3.8, 4) is 11.3 Å². The van der Waals surface area contributed by atoms with Crippen molar-refractivity contribution >= 4 is 60.9 Å². The number of thiazole rings is 2. The van der Waals surface area contributed by atoms with E-state index >= 15 is 0 Å². The minimum Gasteiger partial charge on any atom is -0.465 e. The lowest BCUT2D eigenvalue weighted by Crippen LogP contribution is -2.00. The number of fused-ring (bicyclic) bond motifs is 1. The van der Waals surface area contributed by atoms with E-state index < -0.39 is 0 Å². The Bertz CT molecular complexity index is 1100. The maximum atomic E-state index is 11.5. The molecule has 0 amide bonds. The maximum absolute atomic E-state index is 11.5. The van der Waals surface area contributed by atoms with E-state index in [4.69, 9.17) is 9.72 Å². The molecule has 0 bridgehead atoms. The van der Waals surface area contributed by atoms with Crippen molar-refractivity contribution in [3.05, 3.63) is 53.4 Å². The van der Waals surface area contributed by atoms with Crippen LogP contribution in [0.3, 0.4) is 0 Å². The van der Waals surface area contributed by atoms with Gasteiger partial charge in [0.05, 0.1) is 28.6 Å². The number of carbonyl (C=O) groups is 1. The van der Waals surface area contributed by atoms with Crippen molar-refractivity contribution in [1.29, 1.82) is 0 Å². The minimum absolute atomic E-state index is 0.345. The summed E-state index contributed by atoms with van der Waals surface area (Å²) in [5, 5.41) is 6.90. The number of nitrogens with zero attached hydrogens (tertiary/aromatic N) is 2. The van der Waals surface area contributed by atoms with E-state index in [2.05, 4.69) is 34.8 Å². The van der Waals surface area contributed by atoms with Crippen LogP contribution in [0.5, 0.6) is 0 Å². The molecular weight excluding hydrogens is 398 g/mol. The van der Waals surface area contributed by atoms with Gasteiger partial charge in [0, 0.05) is 15.8 Å². The van der Waals surface area contributed by atoms with Crippen LogP contribution >= 0.6 is 34.4 Å². The Balaban J connectivity index is 1.55. The zero-order valence-electron chi connectivity index (χ0n) is 14.6. The predicted molar refractivity (Wildman–Crippen MR) is 114 cm³/mol. The summed E-state index contributed by atoms with van der Waals surface area (Å²) in [7, 11) is 1.37. The highest BCUT2D eigenvalue weighted by atomic mass is 32.2. The van der Waals surface area contributed by atoms with Crippen molar-refractivity contribution in [2.75, 3.05) is 18.7 Å². The molecule has 0 aliphatic rings. The van der Waals surface area contributed by atoms with Gasteiger partial charge in [0.2, 0.25) is 0 Å². The van der Waals surface area contributed by atoms with E-state index in [-0.39, 0.29) is 5.97 Å². The molecule has 0 unspecified atom stereocenters. The third-order valence-corrected chi connectivity index (χ3v) is 6.38. The topological polar surface area (TPSA) is 64.1 Å². The van der Waals surface area contributed by atoms with E-state index in [0.29, 0.717) is 5.56 Å². The van der Waals surface area contributed by atoms with Crippen molar-refractivity contribution in [2.45, 2.75) is 4.90 Å². The number of carbonyl (C=O) groups excluding carboxylic acids is 1. The Labute approximate surface area is 168 Å². The number of thioether (sulfide) groups is 1. The lowest BCUT2D eigenvalue weighted by atomic mass is 10.1. The van der Waals surface area contributed by atoms with Gasteiger partial charge >= 0.3 is 5.97 Å². The molecule has 0 spiro atoms. The average Bonchev–Trinajstić information content (AvgIpc) is 3.34. The molecule has 1 N–H and O–H groups in total. The number of hydrogen-bond donors (Lipinski definition) is 1. The lowest BCUT2D eigenvalue weighted by Gasteiger charge is -2.00. The Morgan fingerprint density at radius 3 is 2.67 bits per heavy atom. The summed E-state index contributed by atoms with van der Waals surface area (Å²) in [6, 6.07) is 13.4. The molecule has 136 valence electrons. The monoisotopic (exact) mass is 413 g/mol. The fourth-order valence-electron chi connectivity index (χ4n) is 2.59. The van der Waals surface area contributed by atoms with E-state index in [1.165, 1.54) is 23.3 Å². The molecule has 2 aromatic carbocycles. The van der Waals surface area contributed by atoms with Crippen molar-refractivity contribution in [1.82, 2.24) is 9.97 Å². The van der Waals surface area contributed by atoms with Crippen LogP contribution in [0.25, 0.3) is 21.5 Å². The highest BCUT2D eigenvalue weighted by Gasteiger charge is 2.11. The number of hydrogen-bond acceptors (Lipinski definition) is 8. The number of para-hydroxylation sites is 1. The van der Waals surface area contributed by atoms with Gasteiger partial charge in [0.15, 0.2) is 10.3 Å². The van der Waals surface area contributed by atoms with Crippen molar-refractivity contribution in [2.24, 2.45) is 0 Å². The highest BCUT2D eigenvalue weighted by Crippen LogP contribution is 2.34. The second-order valence-electron chi connectivity index (χ2n) is 5.56. The van der Waals surface area contributed by atoms with Crippen LogP contribution in [0.15, 0.2) is 52.7 Å².